The Morgan fingerprint density at radius 2 is 1.96 bits per heavy atom. The summed E-state index contributed by atoms with van der Waals surface area (Å²) >= 11 is 0. The fourth-order valence-corrected chi connectivity index (χ4v) is 3.47. The molecule has 1 aromatic heterocycles. The summed E-state index contributed by atoms with van der Waals surface area (Å²) in [6.07, 6.45) is 0. The van der Waals surface area contributed by atoms with E-state index in [4.69, 9.17) is 4.74 Å². The maximum absolute atomic E-state index is 12.7. The number of allylic oxidation sites excluding steroid dienone is 1. The normalized spacial score (nSPS) is 16.5. The number of methoxy groups -OCH3 is 1. The van der Waals surface area contributed by atoms with Crippen molar-refractivity contribution in [3.63, 3.8) is 0 Å². The van der Waals surface area contributed by atoms with Crippen LogP contribution in [0.5, 0.6) is 0 Å². The van der Waals surface area contributed by atoms with E-state index in [1.807, 2.05) is 56.3 Å². The van der Waals surface area contributed by atoms with Gasteiger partial charge in [0.15, 0.2) is 0 Å². The van der Waals surface area contributed by atoms with Gasteiger partial charge in [0.2, 0.25) is 5.95 Å². The first-order valence-electron chi connectivity index (χ1n) is 8.46. The number of fused-ring (bicyclic) bond motifs is 2. The first-order chi connectivity index (χ1) is 12.6. The number of esters is 1. The van der Waals surface area contributed by atoms with Crippen LogP contribution < -0.4 is 5.32 Å². The minimum absolute atomic E-state index is 0.0760. The number of carbonyl (C=O) groups excluding carboxylic acids is 1. The Bertz CT molecular complexity index is 1020. The Labute approximate surface area is 150 Å². The summed E-state index contributed by atoms with van der Waals surface area (Å²) in [5.74, 6) is 0.201. The number of hydrogen-bond acceptors (Lipinski definition) is 6. The van der Waals surface area contributed by atoms with E-state index in [2.05, 4.69) is 20.8 Å². The van der Waals surface area contributed by atoms with Crippen LogP contribution in [0.15, 0.2) is 53.7 Å². The smallest absolute Gasteiger partial charge is 0.338 e. The topological polar surface area (TPSA) is 81.9 Å². The molecule has 2 aromatic carbocycles. The van der Waals surface area contributed by atoms with Crippen LogP contribution in [0.1, 0.15) is 25.5 Å². The number of nitrogens with one attached hydrogen (secondary N) is 1. The predicted molar refractivity (Wildman–Crippen MR) is 97.4 cm³/mol. The van der Waals surface area contributed by atoms with Crippen LogP contribution in [0.4, 0.5) is 5.95 Å². The van der Waals surface area contributed by atoms with E-state index in [1.54, 1.807) is 4.68 Å². The first kappa shape index (κ1) is 16.3. The second-order valence-electron chi connectivity index (χ2n) is 6.52. The SMILES string of the molecule is COC(=O)C1=C(C(C)C)Nc2nnnn2C1c1cccc2ccccc12. The molecule has 0 spiro atoms. The van der Waals surface area contributed by atoms with Gasteiger partial charge in [-0.15, -0.1) is 0 Å². The van der Waals surface area contributed by atoms with Gasteiger partial charge < -0.3 is 10.1 Å². The fraction of sp³-hybridized carbons (Fsp3) is 0.263. The molecule has 1 aliphatic heterocycles. The molecule has 1 N–H and O–H groups in total. The maximum Gasteiger partial charge on any atom is 0.338 e. The van der Waals surface area contributed by atoms with Crippen LogP contribution in [0.3, 0.4) is 0 Å². The standard InChI is InChI=1S/C19H19N5O2/c1-11(2)16-15(18(25)26-3)17(24-19(20-16)21-22-23-24)14-10-6-8-12-7-4-5-9-13(12)14/h4-11,17H,1-3H3,(H,20,21,23). The zero-order chi connectivity index (χ0) is 18.3. The molecule has 0 amide bonds. The number of aromatic nitrogens is 4. The van der Waals surface area contributed by atoms with E-state index in [0.29, 0.717) is 11.5 Å². The highest BCUT2D eigenvalue weighted by Crippen LogP contribution is 2.39. The minimum atomic E-state index is -0.461. The quantitative estimate of drug-likeness (QED) is 0.732. The van der Waals surface area contributed by atoms with Gasteiger partial charge in [0.05, 0.1) is 12.7 Å². The van der Waals surface area contributed by atoms with E-state index in [-0.39, 0.29) is 11.9 Å². The second-order valence-corrected chi connectivity index (χ2v) is 6.52. The van der Waals surface area contributed by atoms with Crippen molar-refractivity contribution in [3.05, 3.63) is 59.3 Å². The summed E-state index contributed by atoms with van der Waals surface area (Å²) in [5.41, 5.74) is 2.26. The Balaban J connectivity index is 2.04. The molecule has 0 saturated carbocycles. The number of anilines is 1. The third-order valence-electron chi connectivity index (χ3n) is 4.65. The third-order valence-corrected chi connectivity index (χ3v) is 4.65. The van der Waals surface area contributed by atoms with Crippen molar-refractivity contribution in [1.82, 2.24) is 20.2 Å². The average Bonchev–Trinajstić information content (AvgIpc) is 3.13. The van der Waals surface area contributed by atoms with Crippen LogP contribution in [0.2, 0.25) is 0 Å². The van der Waals surface area contributed by atoms with Crippen LogP contribution in [0.25, 0.3) is 10.8 Å². The van der Waals surface area contributed by atoms with Gasteiger partial charge in [-0.2, -0.15) is 4.68 Å². The zero-order valence-corrected chi connectivity index (χ0v) is 14.8. The highest BCUT2D eigenvalue weighted by Gasteiger charge is 2.37. The molecule has 0 radical (unpaired) electrons. The van der Waals surface area contributed by atoms with Crippen molar-refractivity contribution in [3.8, 4) is 0 Å². The van der Waals surface area contributed by atoms with Crippen molar-refractivity contribution in [2.75, 3.05) is 12.4 Å². The van der Waals surface area contributed by atoms with Crippen LogP contribution in [0, 0.1) is 5.92 Å². The van der Waals surface area contributed by atoms with E-state index < -0.39 is 6.04 Å². The lowest BCUT2D eigenvalue weighted by Gasteiger charge is -2.30. The number of tetrazole rings is 1. The largest absolute Gasteiger partial charge is 0.466 e. The third kappa shape index (κ3) is 2.44. The van der Waals surface area contributed by atoms with Crippen LogP contribution >= 0.6 is 0 Å². The lowest BCUT2D eigenvalue weighted by atomic mass is 9.89. The van der Waals surface area contributed by atoms with E-state index in [9.17, 15) is 4.79 Å². The summed E-state index contributed by atoms with van der Waals surface area (Å²) in [7, 11) is 1.39. The number of rotatable bonds is 3. The number of nitrogens with zero attached hydrogens (tertiary/aromatic N) is 4. The summed E-state index contributed by atoms with van der Waals surface area (Å²) in [6.45, 7) is 4.04. The zero-order valence-electron chi connectivity index (χ0n) is 14.8. The fourth-order valence-electron chi connectivity index (χ4n) is 3.47. The monoisotopic (exact) mass is 349 g/mol. The molecule has 3 aromatic rings. The molecule has 1 atom stereocenters. The van der Waals surface area contributed by atoms with Gasteiger partial charge in [-0.05, 0) is 32.7 Å². The summed E-state index contributed by atoms with van der Waals surface area (Å²) in [5, 5.41) is 17.3. The maximum atomic E-state index is 12.7. The minimum Gasteiger partial charge on any atom is -0.466 e. The average molecular weight is 349 g/mol. The Morgan fingerprint density at radius 3 is 2.73 bits per heavy atom. The number of carbonyl (C=O) groups is 1. The summed E-state index contributed by atoms with van der Waals surface area (Å²) in [4.78, 5) is 12.7. The number of hydrogen-bond donors (Lipinski definition) is 1. The Morgan fingerprint density at radius 1 is 1.19 bits per heavy atom. The van der Waals surface area contributed by atoms with Gasteiger partial charge in [0.1, 0.15) is 6.04 Å². The van der Waals surface area contributed by atoms with E-state index in [0.717, 1.165) is 22.0 Å². The van der Waals surface area contributed by atoms with Crippen molar-refractivity contribution in [1.29, 1.82) is 0 Å². The van der Waals surface area contributed by atoms with Crippen LogP contribution in [-0.4, -0.2) is 33.3 Å². The molecule has 0 saturated heterocycles. The van der Waals surface area contributed by atoms with Crippen molar-refractivity contribution in [2.24, 2.45) is 5.92 Å². The van der Waals surface area contributed by atoms with Gasteiger partial charge in [-0.1, -0.05) is 61.4 Å². The Hall–Kier alpha value is -3.22. The molecule has 1 unspecified atom stereocenters. The van der Waals surface area contributed by atoms with Gasteiger partial charge in [-0.3, -0.25) is 0 Å². The molecular weight excluding hydrogens is 330 g/mol. The molecule has 26 heavy (non-hydrogen) atoms. The van der Waals surface area contributed by atoms with Gasteiger partial charge >= 0.3 is 5.97 Å². The van der Waals surface area contributed by atoms with Gasteiger partial charge in [0.25, 0.3) is 0 Å². The van der Waals surface area contributed by atoms with E-state index in [1.165, 1.54) is 7.11 Å². The van der Waals surface area contributed by atoms with Crippen molar-refractivity contribution >= 4 is 22.7 Å². The molecule has 0 fully saturated rings. The molecule has 132 valence electrons. The number of ether oxygens (including phenoxy) is 1. The van der Waals surface area contributed by atoms with E-state index >= 15 is 0 Å². The molecule has 0 bridgehead atoms. The Kier molecular flexibility index (Phi) is 3.91. The van der Waals surface area contributed by atoms with Gasteiger partial charge in [-0.25, -0.2) is 4.79 Å². The second kappa shape index (κ2) is 6.25. The lowest BCUT2D eigenvalue weighted by Crippen LogP contribution is -2.31. The van der Waals surface area contributed by atoms with Gasteiger partial charge in [0, 0.05) is 5.70 Å². The first-order valence-corrected chi connectivity index (χ1v) is 8.46. The molecule has 7 heteroatoms. The lowest BCUT2D eigenvalue weighted by molar-refractivity contribution is -0.136. The summed E-state index contributed by atoms with van der Waals surface area (Å²) in [6, 6.07) is 13.6. The van der Waals surface area contributed by atoms with Crippen LogP contribution in [-0.2, 0) is 9.53 Å². The highest BCUT2D eigenvalue weighted by molar-refractivity contribution is 5.95. The highest BCUT2D eigenvalue weighted by atomic mass is 16.5. The predicted octanol–water partition coefficient (Wildman–Crippen LogP) is 2.92. The molecule has 2 heterocycles. The molecule has 1 aliphatic rings. The summed E-state index contributed by atoms with van der Waals surface area (Å²) < 4.78 is 6.75. The van der Waals surface area contributed by atoms with Crippen molar-refractivity contribution in [2.45, 2.75) is 19.9 Å². The molecule has 4 rings (SSSR count). The molecule has 0 aliphatic carbocycles. The molecular formula is C19H19N5O2. The van der Waals surface area contributed by atoms with Crippen molar-refractivity contribution < 1.29 is 9.53 Å². The molecule has 7 nitrogen and oxygen atoms in total. The number of benzene rings is 2.